The number of aromatic amines is 1. The van der Waals surface area contributed by atoms with Gasteiger partial charge in [-0.2, -0.15) is 5.10 Å². The van der Waals surface area contributed by atoms with Crippen LogP contribution in [-0.4, -0.2) is 28.0 Å². The zero-order chi connectivity index (χ0) is 15.2. The maximum Gasteiger partial charge on any atom is 0.0695 e. The van der Waals surface area contributed by atoms with Gasteiger partial charge in [-0.05, 0) is 38.8 Å². The SMILES string of the molecule is Cc1cccc(-c2[nH]ncc2CNCC(C)CC(C)O)c1. The lowest BCUT2D eigenvalue weighted by Crippen LogP contribution is -2.23. The van der Waals surface area contributed by atoms with Gasteiger partial charge in [0, 0.05) is 17.7 Å². The summed E-state index contributed by atoms with van der Waals surface area (Å²) in [6.45, 7) is 7.75. The van der Waals surface area contributed by atoms with Gasteiger partial charge in [0.25, 0.3) is 0 Å². The number of aliphatic hydroxyl groups excluding tert-OH is 1. The molecule has 0 spiro atoms. The zero-order valence-electron chi connectivity index (χ0n) is 13.1. The van der Waals surface area contributed by atoms with E-state index < -0.39 is 0 Å². The van der Waals surface area contributed by atoms with Crippen molar-refractivity contribution in [1.82, 2.24) is 15.5 Å². The molecule has 3 N–H and O–H groups in total. The van der Waals surface area contributed by atoms with E-state index in [2.05, 4.69) is 53.6 Å². The highest BCUT2D eigenvalue weighted by atomic mass is 16.3. The topological polar surface area (TPSA) is 60.9 Å². The van der Waals surface area contributed by atoms with Crippen LogP contribution < -0.4 is 5.32 Å². The monoisotopic (exact) mass is 287 g/mol. The second kappa shape index (κ2) is 7.38. The molecule has 0 aliphatic heterocycles. The molecule has 0 amide bonds. The Morgan fingerprint density at radius 1 is 1.33 bits per heavy atom. The Labute approximate surface area is 126 Å². The van der Waals surface area contributed by atoms with E-state index in [1.54, 1.807) is 0 Å². The molecule has 0 saturated heterocycles. The van der Waals surface area contributed by atoms with E-state index in [4.69, 9.17) is 0 Å². The van der Waals surface area contributed by atoms with Gasteiger partial charge in [-0.15, -0.1) is 0 Å². The second-order valence-electron chi connectivity index (χ2n) is 5.96. The number of nitrogens with one attached hydrogen (secondary N) is 2. The van der Waals surface area contributed by atoms with Gasteiger partial charge < -0.3 is 10.4 Å². The van der Waals surface area contributed by atoms with Gasteiger partial charge >= 0.3 is 0 Å². The molecule has 4 nitrogen and oxygen atoms in total. The second-order valence-corrected chi connectivity index (χ2v) is 5.96. The van der Waals surface area contributed by atoms with E-state index in [9.17, 15) is 5.11 Å². The molecule has 4 heteroatoms. The lowest BCUT2D eigenvalue weighted by molar-refractivity contribution is 0.163. The molecule has 0 bridgehead atoms. The van der Waals surface area contributed by atoms with Crippen LogP contribution in [0.15, 0.2) is 30.5 Å². The van der Waals surface area contributed by atoms with Crippen LogP contribution in [0.2, 0.25) is 0 Å². The predicted molar refractivity (Wildman–Crippen MR) is 85.9 cm³/mol. The van der Waals surface area contributed by atoms with Gasteiger partial charge in [0.2, 0.25) is 0 Å². The number of benzene rings is 1. The van der Waals surface area contributed by atoms with Crippen molar-refractivity contribution in [3.8, 4) is 11.3 Å². The third-order valence-electron chi connectivity index (χ3n) is 3.58. The molecule has 1 aromatic heterocycles. The fraction of sp³-hybridized carbons (Fsp3) is 0.471. The van der Waals surface area contributed by atoms with Crippen LogP contribution in [0.5, 0.6) is 0 Å². The fourth-order valence-electron chi connectivity index (χ4n) is 2.61. The van der Waals surface area contributed by atoms with Gasteiger partial charge in [-0.25, -0.2) is 0 Å². The Kier molecular flexibility index (Phi) is 5.53. The van der Waals surface area contributed by atoms with Crippen LogP contribution in [0.3, 0.4) is 0 Å². The van der Waals surface area contributed by atoms with Crippen molar-refractivity contribution in [2.75, 3.05) is 6.54 Å². The minimum absolute atomic E-state index is 0.237. The summed E-state index contributed by atoms with van der Waals surface area (Å²) in [4.78, 5) is 0. The van der Waals surface area contributed by atoms with Gasteiger partial charge in [0.1, 0.15) is 0 Å². The number of nitrogens with zero attached hydrogens (tertiary/aromatic N) is 1. The average Bonchev–Trinajstić information content (AvgIpc) is 2.86. The number of H-pyrrole nitrogens is 1. The number of aliphatic hydroxyl groups is 1. The Bertz CT molecular complexity index is 563. The van der Waals surface area contributed by atoms with Crippen LogP contribution in [-0.2, 0) is 6.54 Å². The first kappa shape index (κ1) is 15.7. The molecule has 114 valence electrons. The standard InChI is InChI=1S/C17H25N3O/c1-12-5-4-6-15(8-12)17-16(11-19-20-17)10-18-9-13(2)7-14(3)21/h4-6,8,11,13-14,18,21H,7,9-10H2,1-3H3,(H,19,20). The normalized spacial score (nSPS) is 14.1. The highest BCUT2D eigenvalue weighted by Gasteiger charge is 2.09. The molecule has 1 heterocycles. The molecular formula is C17H25N3O. The van der Waals surface area contributed by atoms with Gasteiger partial charge in [0.15, 0.2) is 0 Å². The number of hydrogen-bond acceptors (Lipinski definition) is 3. The number of aryl methyl sites for hydroxylation is 1. The lowest BCUT2D eigenvalue weighted by atomic mass is 10.0. The van der Waals surface area contributed by atoms with E-state index >= 15 is 0 Å². The summed E-state index contributed by atoms with van der Waals surface area (Å²) in [6.07, 6.45) is 2.46. The Balaban J connectivity index is 1.95. The molecule has 0 aliphatic rings. The minimum Gasteiger partial charge on any atom is -0.393 e. The summed E-state index contributed by atoms with van der Waals surface area (Å²) in [5, 5.41) is 20.1. The van der Waals surface area contributed by atoms with E-state index in [0.717, 1.165) is 25.2 Å². The van der Waals surface area contributed by atoms with Crippen molar-refractivity contribution in [3.05, 3.63) is 41.6 Å². The molecular weight excluding hydrogens is 262 g/mol. The minimum atomic E-state index is -0.237. The maximum absolute atomic E-state index is 9.38. The molecule has 2 rings (SSSR count). The van der Waals surface area contributed by atoms with E-state index in [1.165, 1.54) is 16.7 Å². The molecule has 1 aromatic carbocycles. The highest BCUT2D eigenvalue weighted by Crippen LogP contribution is 2.21. The van der Waals surface area contributed by atoms with Crippen molar-refractivity contribution in [2.45, 2.75) is 39.8 Å². The van der Waals surface area contributed by atoms with Crippen LogP contribution in [0.25, 0.3) is 11.3 Å². The first-order valence-corrected chi connectivity index (χ1v) is 7.54. The summed E-state index contributed by atoms with van der Waals surface area (Å²) in [6, 6.07) is 8.41. The average molecular weight is 287 g/mol. The highest BCUT2D eigenvalue weighted by molar-refractivity contribution is 5.63. The molecule has 2 unspecified atom stereocenters. The third-order valence-corrected chi connectivity index (χ3v) is 3.58. The summed E-state index contributed by atoms with van der Waals surface area (Å²) in [5.41, 5.74) is 4.66. The van der Waals surface area contributed by atoms with Crippen molar-refractivity contribution in [3.63, 3.8) is 0 Å². The van der Waals surface area contributed by atoms with Crippen molar-refractivity contribution in [1.29, 1.82) is 0 Å². The Morgan fingerprint density at radius 2 is 2.14 bits per heavy atom. The summed E-state index contributed by atoms with van der Waals surface area (Å²) in [5.74, 6) is 0.458. The van der Waals surface area contributed by atoms with E-state index in [-0.39, 0.29) is 6.10 Å². The van der Waals surface area contributed by atoms with Crippen LogP contribution in [0.1, 0.15) is 31.4 Å². The molecule has 2 atom stereocenters. The van der Waals surface area contributed by atoms with Gasteiger partial charge in [-0.1, -0.05) is 30.7 Å². The third kappa shape index (κ3) is 4.69. The quantitative estimate of drug-likeness (QED) is 0.734. The fourth-order valence-corrected chi connectivity index (χ4v) is 2.61. The van der Waals surface area contributed by atoms with Gasteiger partial charge in [0.05, 0.1) is 18.0 Å². The van der Waals surface area contributed by atoms with Crippen LogP contribution in [0.4, 0.5) is 0 Å². The summed E-state index contributed by atoms with van der Waals surface area (Å²) < 4.78 is 0. The maximum atomic E-state index is 9.38. The van der Waals surface area contributed by atoms with E-state index in [0.29, 0.717) is 5.92 Å². The first-order chi connectivity index (χ1) is 10.1. The molecule has 2 aromatic rings. The van der Waals surface area contributed by atoms with Gasteiger partial charge in [-0.3, -0.25) is 5.10 Å². The largest absolute Gasteiger partial charge is 0.393 e. The number of hydrogen-bond donors (Lipinski definition) is 3. The lowest BCUT2D eigenvalue weighted by Gasteiger charge is -2.14. The first-order valence-electron chi connectivity index (χ1n) is 7.54. The summed E-state index contributed by atoms with van der Waals surface area (Å²) >= 11 is 0. The Hall–Kier alpha value is -1.65. The Morgan fingerprint density at radius 3 is 2.86 bits per heavy atom. The van der Waals surface area contributed by atoms with Crippen LogP contribution in [0, 0.1) is 12.8 Å². The molecule has 0 radical (unpaired) electrons. The van der Waals surface area contributed by atoms with Crippen LogP contribution >= 0.6 is 0 Å². The van der Waals surface area contributed by atoms with Crippen molar-refractivity contribution >= 4 is 0 Å². The zero-order valence-corrected chi connectivity index (χ0v) is 13.1. The molecule has 0 fully saturated rings. The van der Waals surface area contributed by atoms with E-state index in [1.807, 2.05) is 13.1 Å². The predicted octanol–water partition coefficient (Wildman–Crippen LogP) is 2.88. The molecule has 0 saturated carbocycles. The summed E-state index contributed by atoms with van der Waals surface area (Å²) in [7, 11) is 0. The molecule has 0 aliphatic carbocycles. The number of rotatable bonds is 7. The van der Waals surface area contributed by atoms with Crippen molar-refractivity contribution in [2.24, 2.45) is 5.92 Å². The molecule has 21 heavy (non-hydrogen) atoms. The van der Waals surface area contributed by atoms with Crippen molar-refractivity contribution < 1.29 is 5.11 Å². The number of aromatic nitrogens is 2. The smallest absolute Gasteiger partial charge is 0.0695 e.